The fourth-order valence-electron chi connectivity index (χ4n) is 6.04. The van der Waals surface area contributed by atoms with Gasteiger partial charge in [0, 0.05) is 30.1 Å². The molecule has 2 aliphatic rings. The average molecular weight is 598 g/mol. The average Bonchev–Trinajstić information content (AvgIpc) is 3.46. The molecule has 2 unspecified atom stereocenters. The molecule has 0 aliphatic heterocycles. The van der Waals surface area contributed by atoms with Crippen molar-refractivity contribution in [3.8, 4) is 11.1 Å². The van der Waals surface area contributed by atoms with E-state index in [-0.39, 0.29) is 35.9 Å². The molecule has 226 valence electrons. The number of Topliss-reactive ketones (excluding diaryl/α,β-unsaturated/α-hetero) is 2. The number of benzene rings is 3. The zero-order valence-electron chi connectivity index (χ0n) is 26.1. The Labute approximate surface area is 261 Å². The first-order valence-corrected chi connectivity index (χ1v) is 15.1. The minimum atomic E-state index is -0.110. The second-order valence-corrected chi connectivity index (χ2v) is 12.0. The fourth-order valence-corrected chi connectivity index (χ4v) is 6.04. The summed E-state index contributed by atoms with van der Waals surface area (Å²) >= 11 is 0. The van der Waals surface area contributed by atoms with Crippen LogP contribution in [0.4, 0.5) is 5.69 Å². The van der Waals surface area contributed by atoms with E-state index < -0.39 is 0 Å². The standard InChI is InChI=1S/C20H16O2.C17H19N5O/c1-11-9-17-13(12(2)20(11)22)7-8-15-14-5-3-4-6-16(14)19(21)10-18(15)17;1-12(2)13-4-6-14(7-5-13)21(3)16(23)9-22-11-20-17-15(22)8-18-10-19-17/h3-12H,1-2H3;4-8,10-12H,9H2,1-3H3. The van der Waals surface area contributed by atoms with Crippen molar-refractivity contribution >= 4 is 46.5 Å². The van der Waals surface area contributed by atoms with Crippen molar-refractivity contribution in [3.63, 3.8) is 0 Å². The van der Waals surface area contributed by atoms with Gasteiger partial charge in [0.05, 0.1) is 12.5 Å². The Bertz CT molecular complexity index is 2080. The molecule has 0 bridgehead atoms. The molecule has 0 saturated carbocycles. The number of anilines is 1. The van der Waals surface area contributed by atoms with Crippen molar-refractivity contribution < 1.29 is 14.4 Å². The molecule has 7 rings (SSSR count). The highest BCUT2D eigenvalue weighted by Gasteiger charge is 2.27. The molecule has 1 amide bonds. The van der Waals surface area contributed by atoms with Crippen LogP contribution in [0.3, 0.4) is 0 Å². The summed E-state index contributed by atoms with van der Waals surface area (Å²) < 4.78 is 1.76. The SMILES string of the molecule is CC(C)c1ccc(N(C)C(=O)Cn2cnc3ncncc32)cc1.CC1C=c2c(ccc3c2=CC(=O)c2ccccc2-3)C(C)C1=O. The molecule has 0 fully saturated rings. The zero-order valence-corrected chi connectivity index (χ0v) is 26.1. The highest BCUT2D eigenvalue weighted by molar-refractivity contribution is 6.22. The van der Waals surface area contributed by atoms with E-state index >= 15 is 0 Å². The van der Waals surface area contributed by atoms with E-state index in [1.165, 1.54) is 11.9 Å². The summed E-state index contributed by atoms with van der Waals surface area (Å²) in [7, 11) is 1.78. The van der Waals surface area contributed by atoms with Gasteiger partial charge in [0.25, 0.3) is 0 Å². The lowest BCUT2D eigenvalue weighted by Crippen LogP contribution is -2.40. The Kier molecular flexibility index (Phi) is 7.97. The van der Waals surface area contributed by atoms with Crippen molar-refractivity contribution in [2.45, 2.75) is 46.1 Å². The number of imidazole rings is 1. The molecule has 0 saturated heterocycles. The predicted molar refractivity (Wildman–Crippen MR) is 176 cm³/mol. The van der Waals surface area contributed by atoms with Crippen LogP contribution in [-0.2, 0) is 16.1 Å². The van der Waals surface area contributed by atoms with Crippen LogP contribution in [0.2, 0.25) is 0 Å². The van der Waals surface area contributed by atoms with Crippen molar-refractivity contribution in [1.29, 1.82) is 0 Å². The highest BCUT2D eigenvalue weighted by atomic mass is 16.2. The third kappa shape index (κ3) is 5.59. The number of hydrogen-bond donors (Lipinski definition) is 0. The maximum Gasteiger partial charge on any atom is 0.246 e. The Morgan fingerprint density at radius 1 is 0.911 bits per heavy atom. The van der Waals surface area contributed by atoms with Gasteiger partial charge in [-0.15, -0.1) is 0 Å². The lowest BCUT2D eigenvalue weighted by atomic mass is 9.79. The highest BCUT2D eigenvalue weighted by Crippen LogP contribution is 2.27. The molecule has 0 radical (unpaired) electrons. The molecule has 8 heteroatoms. The first-order chi connectivity index (χ1) is 21.6. The van der Waals surface area contributed by atoms with Gasteiger partial charge in [0.2, 0.25) is 5.91 Å². The van der Waals surface area contributed by atoms with E-state index in [2.05, 4.69) is 40.9 Å². The van der Waals surface area contributed by atoms with E-state index in [1.54, 1.807) is 35.1 Å². The van der Waals surface area contributed by atoms with Gasteiger partial charge >= 0.3 is 0 Å². The van der Waals surface area contributed by atoms with Crippen LogP contribution in [0.5, 0.6) is 0 Å². The van der Waals surface area contributed by atoms with Gasteiger partial charge in [-0.2, -0.15) is 0 Å². The first kappa shape index (κ1) is 29.8. The molecule has 0 N–H and O–H groups in total. The summed E-state index contributed by atoms with van der Waals surface area (Å²) in [5, 5.41) is 2.02. The lowest BCUT2D eigenvalue weighted by Gasteiger charge is -2.23. The smallest absolute Gasteiger partial charge is 0.246 e. The number of aromatic nitrogens is 4. The first-order valence-electron chi connectivity index (χ1n) is 15.1. The maximum atomic E-state index is 12.5. The quantitative estimate of drug-likeness (QED) is 0.288. The van der Waals surface area contributed by atoms with Crippen molar-refractivity contribution in [1.82, 2.24) is 19.5 Å². The molecule has 5 aromatic rings. The summed E-state index contributed by atoms with van der Waals surface area (Å²) in [6.45, 7) is 8.38. The van der Waals surface area contributed by atoms with Crippen LogP contribution in [0, 0.1) is 5.92 Å². The van der Waals surface area contributed by atoms with E-state index in [0.29, 0.717) is 11.6 Å². The molecule has 8 nitrogen and oxygen atoms in total. The Balaban J connectivity index is 0.000000159. The molecule has 2 aromatic heterocycles. The van der Waals surface area contributed by atoms with Gasteiger partial charge in [-0.05, 0) is 56.8 Å². The molecule has 45 heavy (non-hydrogen) atoms. The van der Waals surface area contributed by atoms with Crippen LogP contribution in [0.15, 0.2) is 79.5 Å². The van der Waals surface area contributed by atoms with Crippen LogP contribution in [0.25, 0.3) is 34.4 Å². The summed E-state index contributed by atoms with van der Waals surface area (Å²) in [6, 6.07) is 19.9. The summed E-state index contributed by atoms with van der Waals surface area (Å²) in [5.74, 6) is 0.528. The van der Waals surface area contributed by atoms with Crippen molar-refractivity contribution in [2.24, 2.45) is 5.92 Å². The topological polar surface area (TPSA) is 98.1 Å². The van der Waals surface area contributed by atoms with Crippen molar-refractivity contribution in [2.75, 3.05) is 11.9 Å². The molecule has 2 atom stereocenters. The van der Waals surface area contributed by atoms with Gasteiger partial charge in [-0.3, -0.25) is 14.4 Å². The Morgan fingerprint density at radius 2 is 1.64 bits per heavy atom. The predicted octanol–water partition coefficient (Wildman–Crippen LogP) is 5.05. The van der Waals surface area contributed by atoms with Crippen LogP contribution >= 0.6 is 0 Å². The largest absolute Gasteiger partial charge is 0.318 e. The lowest BCUT2D eigenvalue weighted by molar-refractivity contribution is -0.122. The zero-order chi connectivity index (χ0) is 31.8. The second kappa shape index (κ2) is 12.0. The van der Waals surface area contributed by atoms with E-state index in [4.69, 9.17) is 0 Å². The normalized spacial score (nSPS) is 16.5. The number of ketones is 2. The van der Waals surface area contributed by atoms with Crippen LogP contribution in [0.1, 0.15) is 61.0 Å². The minimum Gasteiger partial charge on any atom is -0.318 e. The number of fused-ring (bicyclic) bond motifs is 6. The molecular weight excluding hydrogens is 562 g/mol. The van der Waals surface area contributed by atoms with Gasteiger partial charge < -0.3 is 9.47 Å². The maximum absolute atomic E-state index is 12.5. The molecule has 0 spiro atoms. The Hall–Kier alpha value is -5.24. The monoisotopic (exact) mass is 597 g/mol. The van der Waals surface area contributed by atoms with Gasteiger partial charge in [-0.1, -0.05) is 82.3 Å². The summed E-state index contributed by atoms with van der Waals surface area (Å²) in [6.07, 6.45) is 8.47. The number of likely N-dealkylation sites (N-methyl/N-ethyl adjacent to an activating group) is 1. The number of rotatable bonds is 4. The molecular formula is C37H35N5O3. The number of carbonyl (C=O) groups excluding carboxylic acids is 3. The van der Waals surface area contributed by atoms with Crippen LogP contribution in [-0.4, -0.2) is 44.0 Å². The van der Waals surface area contributed by atoms with Crippen molar-refractivity contribution in [3.05, 3.63) is 107 Å². The number of nitrogens with zero attached hydrogens (tertiary/aromatic N) is 5. The third-order valence-corrected chi connectivity index (χ3v) is 8.77. The summed E-state index contributed by atoms with van der Waals surface area (Å²) in [4.78, 5) is 51.0. The summed E-state index contributed by atoms with van der Waals surface area (Å²) in [5.41, 5.74) is 7.33. The molecule has 3 aromatic carbocycles. The van der Waals surface area contributed by atoms with E-state index in [9.17, 15) is 14.4 Å². The molecule has 2 aliphatic carbocycles. The van der Waals surface area contributed by atoms with E-state index in [0.717, 1.165) is 43.9 Å². The van der Waals surface area contributed by atoms with Gasteiger partial charge in [-0.25, -0.2) is 15.0 Å². The minimum absolute atomic E-state index is 0.0227. The number of hydrogen-bond acceptors (Lipinski definition) is 6. The second-order valence-electron chi connectivity index (χ2n) is 12.0. The third-order valence-electron chi connectivity index (χ3n) is 8.77. The van der Waals surface area contributed by atoms with Gasteiger partial charge in [0.15, 0.2) is 11.4 Å². The van der Waals surface area contributed by atoms with Crippen LogP contribution < -0.4 is 15.3 Å². The Morgan fingerprint density at radius 3 is 2.38 bits per heavy atom. The fraction of sp³-hybridized carbons (Fsp3) is 0.243. The molecule has 2 heterocycles. The number of amides is 1. The van der Waals surface area contributed by atoms with Gasteiger partial charge in [0.1, 0.15) is 24.2 Å². The van der Waals surface area contributed by atoms with E-state index in [1.807, 2.05) is 68.5 Å². The number of carbonyl (C=O) groups is 3.